The van der Waals surface area contributed by atoms with Gasteiger partial charge in [-0.3, -0.25) is 4.79 Å². The van der Waals surface area contributed by atoms with E-state index in [1.54, 1.807) is 18.2 Å². The van der Waals surface area contributed by atoms with Gasteiger partial charge in [0.2, 0.25) is 5.91 Å². The van der Waals surface area contributed by atoms with E-state index in [-0.39, 0.29) is 11.9 Å². The number of thioether (sulfide) groups is 1. The third-order valence-electron chi connectivity index (χ3n) is 1.84. The van der Waals surface area contributed by atoms with Crippen LogP contribution in [0.15, 0.2) is 18.2 Å². The molecule has 1 aromatic rings. The van der Waals surface area contributed by atoms with Gasteiger partial charge in [-0.15, -0.1) is 0 Å². The summed E-state index contributed by atoms with van der Waals surface area (Å²) in [5, 5.41) is 3.55. The number of para-hydroxylation sites is 1. The molecule has 1 amide bonds. The van der Waals surface area contributed by atoms with E-state index >= 15 is 0 Å². The molecule has 1 atom stereocenters. The number of carbonyl (C=O) groups is 1. The van der Waals surface area contributed by atoms with Crippen molar-refractivity contribution in [2.75, 3.05) is 16.8 Å². The molecule has 0 fully saturated rings. The Bertz CT molecular complexity index is 379. The van der Waals surface area contributed by atoms with Crippen LogP contribution in [-0.4, -0.2) is 23.5 Å². The third-order valence-corrected chi connectivity index (χ3v) is 3.70. The average molecular weight is 293 g/mol. The summed E-state index contributed by atoms with van der Waals surface area (Å²) in [4.78, 5) is 11.6. The molecular weight excluding hydrogens is 279 g/mol. The van der Waals surface area contributed by atoms with Crippen LogP contribution in [0.3, 0.4) is 0 Å². The van der Waals surface area contributed by atoms with Crippen LogP contribution in [-0.2, 0) is 4.79 Å². The SMILES string of the molecule is CC(N)CSCC(=O)Nc1c(Cl)cccc1Cl. The molecular formula is C11H14Cl2N2OS. The van der Waals surface area contributed by atoms with Crippen LogP contribution in [0.5, 0.6) is 0 Å². The summed E-state index contributed by atoms with van der Waals surface area (Å²) >= 11 is 13.3. The van der Waals surface area contributed by atoms with Crippen LogP contribution in [0.1, 0.15) is 6.92 Å². The minimum absolute atomic E-state index is 0.0803. The summed E-state index contributed by atoms with van der Waals surface area (Å²) in [5.74, 6) is 0.942. The Morgan fingerprint density at radius 2 is 2.06 bits per heavy atom. The Morgan fingerprint density at radius 1 is 1.47 bits per heavy atom. The molecule has 1 rings (SSSR count). The maximum absolute atomic E-state index is 11.6. The first-order chi connectivity index (χ1) is 8.00. The van der Waals surface area contributed by atoms with E-state index in [0.29, 0.717) is 21.5 Å². The fraction of sp³-hybridized carbons (Fsp3) is 0.364. The smallest absolute Gasteiger partial charge is 0.234 e. The van der Waals surface area contributed by atoms with Crippen molar-refractivity contribution in [1.82, 2.24) is 0 Å². The molecule has 0 aliphatic carbocycles. The van der Waals surface area contributed by atoms with Gasteiger partial charge < -0.3 is 11.1 Å². The molecule has 3 nitrogen and oxygen atoms in total. The average Bonchev–Trinajstić information content (AvgIpc) is 2.23. The minimum atomic E-state index is -0.134. The molecule has 0 heterocycles. The highest BCUT2D eigenvalue weighted by Gasteiger charge is 2.09. The van der Waals surface area contributed by atoms with Gasteiger partial charge in [0, 0.05) is 11.8 Å². The van der Waals surface area contributed by atoms with Gasteiger partial charge in [-0.25, -0.2) is 0 Å². The normalized spacial score (nSPS) is 12.2. The molecule has 94 valence electrons. The van der Waals surface area contributed by atoms with Crippen molar-refractivity contribution >= 4 is 46.6 Å². The molecule has 0 radical (unpaired) electrons. The van der Waals surface area contributed by atoms with Gasteiger partial charge in [-0.1, -0.05) is 29.3 Å². The number of amides is 1. The van der Waals surface area contributed by atoms with Gasteiger partial charge in [0.25, 0.3) is 0 Å². The highest BCUT2D eigenvalue weighted by atomic mass is 35.5. The third kappa shape index (κ3) is 5.17. The Hall–Kier alpha value is -0.420. The number of hydrogen-bond donors (Lipinski definition) is 2. The lowest BCUT2D eigenvalue weighted by Gasteiger charge is -2.09. The highest BCUT2D eigenvalue weighted by Crippen LogP contribution is 2.29. The van der Waals surface area contributed by atoms with E-state index < -0.39 is 0 Å². The molecule has 0 aliphatic heterocycles. The zero-order chi connectivity index (χ0) is 12.8. The maximum Gasteiger partial charge on any atom is 0.234 e. The van der Waals surface area contributed by atoms with Crippen molar-refractivity contribution < 1.29 is 4.79 Å². The van der Waals surface area contributed by atoms with Crippen LogP contribution in [0.25, 0.3) is 0 Å². The van der Waals surface area contributed by atoms with E-state index in [1.807, 2.05) is 6.92 Å². The fourth-order valence-electron chi connectivity index (χ4n) is 1.13. The van der Waals surface area contributed by atoms with E-state index in [0.717, 1.165) is 5.75 Å². The molecule has 3 N–H and O–H groups in total. The molecule has 0 aliphatic rings. The Morgan fingerprint density at radius 3 is 2.59 bits per heavy atom. The molecule has 0 spiro atoms. The van der Waals surface area contributed by atoms with E-state index in [1.165, 1.54) is 11.8 Å². The molecule has 1 aromatic carbocycles. The fourth-order valence-corrected chi connectivity index (χ4v) is 2.37. The van der Waals surface area contributed by atoms with Gasteiger partial charge in [0.1, 0.15) is 0 Å². The molecule has 1 unspecified atom stereocenters. The summed E-state index contributed by atoms with van der Waals surface area (Å²) in [6, 6.07) is 5.17. The monoisotopic (exact) mass is 292 g/mol. The van der Waals surface area contributed by atoms with Crippen LogP contribution in [0.4, 0.5) is 5.69 Å². The zero-order valence-electron chi connectivity index (χ0n) is 9.37. The van der Waals surface area contributed by atoms with Crippen molar-refractivity contribution in [1.29, 1.82) is 0 Å². The van der Waals surface area contributed by atoms with E-state index in [4.69, 9.17) is 28.9 Å². The Kier molecular flexibility index (Phi) is 6.12. The summed E-state index contributed by atoms with van der Waals surface area (Å²) in [6.45, 7) is 1.90. The van der Waals surface area contributed by atoms with Gasteiger partial charge in [-0.05, 0) is 19.1 Å². The number of anilines is 1. The molecule has 17 heavy (non-hydrogen) atoms. The number of nitrogens with two attached hydrogens (primary N) is 1. The second-order valence-electron chi connectivity index (χ2n) is 3.64. The second-order valence-corrected chi connectivity index (χ2v) is 5.48. The van der Waals surface area contributed by atoms with E-state index in [2.05, 4.69) is 5.32 Å². The lowest BCUT2D eigenvalue weighted by atomic mass is 10.3. The van der Waals surface area contributed by atoms with Gasteiger partial charge in [0.15, 0.2) is 0 Å². The molecule has 6 heteroatoms. The van der Waals surface area contributed by atoms with E-state index in [9.17, 15) is 4.79 Å². The predicted molar refractivity (Wildman–Crippen MR) is 76.1 cm³/mol. The standard InChI is InChI=1S/C11H14Cl2N2OS/c1-7(14)5-17-6-10(16)15-11-8(12)3-2-4-9(11)13/h2-4,7H,5-6,14H2,1H3,(H,15,16). The molecule has 0 saturated carbocycles. The summed E-state index contributed by atoms with van der Waals surface area (Å²) in [6.07, 6.45) is 0. The van der Waals surface area contributed by atoms with Crippen LogP contribution in [0, 0.1) is 0 Å². The van der Waals surface area contributed by atoms with Crippen LogP contribution < -0.4 is 11.1 Å². The first-order valence-corrected chi connectivity index (χ1v) is 6.99. The lowest BCUT2D eigenvalue weighted by molar-refractivity contribution is -0.113. The second kappa shape index (κ2) is 7.11. The Balaban J connectivity index is 2.51. The topological polar surface area (TPSA) is 55.1 Å². The maximum atomic E-state index is 11.6. The van der Waals surface area contributed by atoms with Crippen molar-refractivity contribution in [2.24, 2.45) is 5.73 Å². The van der Waals surface area contributed by atoms with Gasteiger partial charge in [0.05, 0.1) is 21.5 Å². The first-order valence-electron chi connectivity index (χ1n) is 5.08. The predicted octanol–water partition coefficient (Wildman–Crippen LogP) is 3.01. The minimum Gasteiger partial charge on any atom is -0.327 e. The van der Waals surface area contributed by atoms with Gasteiger partial charge in [-0.2, -0.15) is 11.8 Å². The highest BCUT2D eigenvalue weighted by molar-refractivity contribution is 8.00. The summed E-state index contributed by atoms with van der Waals surface area (Å²) in [5.41, 5.74) is 6.05. The number of carbonyl (C=O) groups excluding carboxylic acids is 1. The number of nitrogens with one attached hydrogen (secondary N) is 1. The molecule has 0 bridgehead atoms. The van der Waals surface area contributed by atoms with Crippen molar-refractivity contribution in [3.63, 3.8) is 0 Å². The van der Waals surface area contributed by atoms with Crippen molar-refractivity contribution in [3.8, 4) is 0 Å². The largest absolute Gasteiger partial charge is 0.327 e. The summed E-state index contributed by atoms with van der Waals surface area (Å²) < 4.78 is 0. The van der Waals surface area contributed by atoms with Crippen molar-refractivity contribution in [3.05, 3.63) is 28.2 Å². The molecule has 0 aromatic heterocycles. The molecule has 0 saturated heterocycles. The number of benzene rings is 1. The quantitative estimate of drug-likeness (QED) is 0.877. The van der Waals surface area contributed by atoms with Crippen LogP contribution >= 0.6 is 35.0 Å². The number of rotatable bonds is 5. The lowest BCUT2D eigenvalue weighted by Crippen LogP contribution is -2.20. The number of halogens is 2. The Labute approximate surface area is 115 Å². The summed E-state index contributed by atoms with van der Waals surface area (Å²) in [7, 11) is 0. The van der Waals surface area contributed by atoms with Gasteiger partial charge >= 0.3 is 0 Å². The van der Waals surface area contributed by atoms with Crippen LogP contribution in [0.2, 0.25) is 10.0 Å². The van der Waals surface area contributed by atoms with Crippen molar-refractivity contribution in [2.45, 2.75) is 13.0 Å². The first kappa shape index (κ1) is 14.6. The number of hydrogen-bond acceptors (Lipinski definition) is 3. The zero-order valence-corrected chi connectivity index (χ0v) is 11.7.